The van der Waals surface area contributed by atoms with Crippen LogP contribution in [0.2, 0.25) is 0 Å². The van der Waals surface area contributed by atoms with Gasteiger partial charge in [-0.2, -0.15) is 0 Å². The minimum absolute atomic E-state index is 0.211. The summed E-state index contributed by atoms with van der Waals surface area (Å²) >= 11 is 0. The maximum absolute atomic E-state index is 11.4. The van der Waals surface area contributed by atoms with Crippen LogP contribution < -0.4 is 0 Å². The van der Waals surface area contributed by atoms with E-state index in [0.29, 0.717) is 13.1 Å². The second-order valence-corrected chi connectivity index (χ2v) is 4.89. The Labute approximate surface area is 84.8 Å². The number of hydrogen-bond acceptors (Lipinski definition) is 3. The van der Waals surface area contributed by atoms with E-state index in [2.05, 4.69) is 0 Å². The molecule has 1 fully saturated rings. The van der Waals surface area contributed by atoms with Gasteiger partial charge in [0, 0.05) is 19.0 Å². The number of carbonyl (C=O) groups is 1. The normalized spacial score (nSPS) is 20.2. The number of nitrogens with zero attached hydrogens (tertiary/aromatic N) is 1. The third kappa shape index (κ3) is 2.87. The summed E-state index contributed by atoms with van der Waals surface area (Å²) in [5, 5.41) is 9.23. The Bertz CT molecular complexity index is 214. The van der Waals surface area contributed by atoms with Crippen molar-refractivity contribution < 1.29 is 14.6 Å². The molecule has 1 heterocycles. The second-order valence-electron chi connectivity index (χ2n) is 4.89. The molecule has 0 spiro atoms. The standard InChI is InChI=1S/C10H19NO3/c1-7(12)8-5-11(6-8)9(13)14-10(2,3)4/h7-8,12H,5-6H2,1-4H3/t7-/m1/s1. The van der Waals surface area contributed by atoms with E-state index in [1.54, 1.807) is 11.8 Å². The van der Waals surface area contributed by atoms with Crippen molar-refractivity contribution in [2.75, 3.05) is 13.1 Å². The number of likely N-dealkylation sites (tertiary alicyclic amines) is 1. The Morgan fingerprint density at radius 1 is 1.50 bits per heavy atom. The molecule has 0 radical (unpaired) electrons. The lowest BCUT2D eigenvalue weighted by Crippen LogP contribution is -2.54. The molecule has 1 aliphatic rings. The summed E-state index contributed by atoms with van der Waals surface area (Å²) in [7, 11) is 0. The van der Waals surface area contributed by atoms with Crippen LogP contribution in [-0.4, -0.2) is 40.9 Å². The van der Waals surface area contributed by atoms with Gasteiger partial charge in [0.25, 0.3) is 0 Å². The van der Waals surface area contributed by atoms with Crippen LogP contribution >= 0.6 is 0 Å². The number of hydrogen-bond donors (Lipinski definition) is 1. The van der Waals surface area contributed by atoms with Crippen LogP contribution in [0.3, 0.4) is 0 Å². The Kier molecular flexibility index (Phi) is 3.04. The number of rotatable bonds is 1. The summed E-state index contributed by atoms with van der Waals surface area (Å²) in [5.41, 5.74) is -0.437. The minimum Gasteiger partial charge on any atom is -0.444 e. The summed E-state index contributed by atoms with van der Waals surface area (Å²) in [6.45, 7) is 8.49. The fourth-order valence-electron chi connectivity index (χ4n) is 1.29. The lowest BCUT2D eigenvalue weighted by Gasteiger charge is -2.41. The zero-order valence-corrected chi connectivity index (χ0v) is 9.28. The molecule has 0 unspecified atom stereocenters. The van der Waals surface area contributed by atoms with Crippen LogP contribution in [-0.2, 0) is 4.74 Å². The number of aliphatic hydroxyl groups is 1. The molecule has 1 N–H and O–H groups in total. The van der Waals surface area contributed by atoms with E-state index in [1.807, 2.05) is 20.8 Å². The van der Waals surface area contributed by atoms with Gasteiger partial charge < -0.3 is 14.7 Å². The summed E-state index contributed by atoms with van der Waals surface area (Å²) in [6, 6.07) is 0. The Morgan fingerprint density at radius 2 is 2.00 bits per heavy atom. The average Bonchev–Trinajstić information content (AvgIpc) is 1.75. The highest BCUT2D eigenvalue weighted by Crippen LogP contribution is 2.21. The van der Waals surface area contributed by atoms with Crippen LogP contribution in [0.15, 0.2) is 0 Å². The number of amides is 1. The monoisotopic (exact) mass is 201 g/mol. The second kappa shape index (κ2) is 3.77. The molecule has 0 aliphatic carbocycles. The summed E-state index contributed by atoms with van der Waals surface area (Å²) < 4.78 is 5.18. The predicted octanol–water partition coefficient (Wildman–Crippen LogP) is 1.23. The highest BCUT2D eigenvalue weighted by Gasteiger charge is 2.35. The maximum Gasteiger partial charge on any atom is 0.410 e. The first kappa shape index (κ1) is 11.3. The smallest absolute Gasteiger partial charge is 0.410 e. The van der Waals surface area contributed by atoms with Gasteiger partial charge in [0.2, 0.25) is 0 Å². The summed E-state index contributed by atoms with van der Waals surface area (Å²) in [6.07, 6.45) is -0.622. The molecule has 1 amide bonds. The minimum atomic E-state index is -0.437. The molecule has 0 aromatic heterocycles. The highest BCUT2D eigenvalue weighted by atomic mass is 16.6. The van der Waals surface area contributed by atoms with E-state index in [0.717, 1.165) is 0 Å². The van der Waals surface area contributed by atoms with Crippen molar-refractivity contribution in [2.45, 2.75) is 39.4 Å². The van der Waals surface area contributed by atoms with Crippen molar-refractivity contribution in [3.05, 3.63) is 0 Å². The van der Waals surface area contributed by atoms with Crippen molar-refractivity contribution in [3.8, 4) is 0 Å². The zero-order valence-electron chi connectivity index (χ0n) is 9.28. The maximum atomic E-state index is 11.4. The Morgan fingerprint density at radius 3 is 2.36 bits per heavy atom. The molecule has 1 rings (SSSR count). The van der Waals surface area contributed by atoms with Crippen LogP contribution in [0.25, 0.3) is 0 Å². The van der Waals surface area contributed by atoms with E-state index < -0.39 is 5.60 Å². The van der Waals surface area contributed by atoms with Crippen LogP contribution in [0.5, 0.6) is 0 Å². The van der Waals surface area contributed by atoms with Gasteiger partial charge in [-0.25, -0.2) is 4.79 Å². The van der Waals surface area contributed by atoms with Crippen LogP contribution in [0.4, 0.5) is 4.79 Å². The van der Waals surface area contributed by atoms with Crippen molar-refractivity contribution >= 4 is 6.09 Å². The first-order chi connectivity index (χ1) is 6.29. The van der Waals surface area contributed by atoms with Crippen molar-refractivity contribution in [1.29, 1.82) is 0 Å². The van der Waals surface area contributed by atoms with E-state index in [-0.39, 0.29) is 18.1 Å². The van der Waals surface area contributed by atoms with Gasteiger partial charge in [-0.05, 0) is 27.7 Å². The fraction of sp³-hybridized carbons (Fsp3) is 0.900. The molecule has 0 saturated carbocycles. The van der Waals surface area contributed by atoms with Gasteiger partial charge in [-0.3, -0.25) is 0 Å². The molecule has 4 heteroatoms. The van der Waals surface area contributed by atoms with E-state index in [9.17, 15) is 9.90 Å². The zero-order chi connectivity index (χ0) is 10.9. The molecule has 0 bridgehead atoms. The molecule has 1 atom stereocenters. The van der Waals surface area contributed by atoms with Crippen molar-refractivity contribution in [2.24, 2.45) is 5.92 Å². The topological polar surface area (TPSA) is 49.8 Å². The molecule has 0 aromatic carbocycles. The molecule has 82 valence electrons. The third-order valence-electron chi connectivity index (χ3n) is 2.24. The van der Waals surface area contributed by atoms with Gasteiger partial charge in [-0.1, -0.05) is 0 Å². The molecule has 1 aliphatic heterocycles. The SMILES string of the molecule is C[C@@H](O)C1CN(C(=O)OC(C)(C)C)C1. The molecular weight excluding hydrogens is 182 g/mol. The van der Waals surface area contributed by atoms with Crippen LogP contribution in [0, 0.1) is 5.92 Å². The molecule has 0 aromatic rings. The summed E-state index contributed by atoms with van der Waals surface area (Å²) in [4.78, 5) is 13.0. The molecular formula is C10H19NO3. The van der Waals surface area contributed by atoms with E-state index in [1.165, 1.54) is 0 Å². The first-order valence-corrected chi connectivity index (χ1v) is 4.95. The van der Waals surface area contributed by atoms with Gasteiger partial charge in [0.15, 0.2) is 0 Å². The molecule has 1 saturated heterocycles. The first-order valence-electron chi connectivity index (χ1n) is 4.95. The molecule has 4 nitrogen and oxygen atoms in total. The van der Waals surface area contributed by atoms with Gasteiger partial charge >= 0.3 is 6.09 Å². The van der Waals surface area contributed by atoms with Crippen molar-refractivity contribution in [1.82, 2.24) is 4.90 Å². The Hall–Kier alpha value is -0.770. The quantitative estimate of drug-likeness (QED) is 0.694. The lowest BCUT2D eigenvalue weighted by atomic mass is 9.95. The average molecular weight is 201 g/mol. The van der Waals surface area contributed by atoms with Crippen LogP contribution in [0.1, 0.15) is 27.7 Å². The largest absolute Gasteiger partial charge is 0.444 e. The number of carbonyl (C=O) groups excluding carboxylic acids is 1. The molecule has 14 heavy (non-hydrogen) atoms. The summed E-state index contributed by atoms with van der Waals surface area (Å²) in [5.74, 6) is 0.211. The van der Waals surface area contributed by atoms with Gasteiger partial charge in [0.1, 0.15) is 5.60 Å². The Balaban J connectivity index is 2.30. The number of ether oxygens (including phenoxy) is 1. The highest BCUT2D eigenvalue weighted by molar-refractivity contribution is 5.69. The predicted molar refractivity (Wildman–Crippen MR) is 53.0 cm³/mol. The van der Waals surface area contributed by atoms with E-state index in [4.69, 9.17) is 4.74 Å². The lowest BCUT2D eigenvalue weighted by molar-refractivity contribution is -0.0261. The van der Waals surface area contributed by atoms with Gasteiger partial charge in [-0.15, -0.1) is 0 Å². The van der Waals surface area contributed by atoms with E-state index >= 15 is 0 Å². The number of aliphatic hydroxyl groups excluding tert-OH is 1. The van der Waals surface area contributed by atoms with Crippen molar-refractivity contribution in [3.63, 3.8) is 0 Å². The third-order valence-corrected chi connectivity index (χ3v) is 2.24. The van der Waals surface area contributed by atoms with Gasteiger partial charge in [0.05, 0.1) is 6.10 Å². The fourth-order valence-corrected chi connectivity index (χ4v) is 1.29.